The van der Waals surface area contributed by atoms with Crippen molar-refractivity contribution < 1.29 is 4.92 Å². The number of guanidine groups is 1. The summed E-state index contributed by atoms with van der Waals surface area (Å²) in [5.41, 5.74) is 0.981. The molecule has 0 heterocycles. The molecule has 134 valence electrons. The molecule has 2 rings (SSSR count). The fourth-order valence-corrected chi connectivity index (χ4v) is 3.42. The molecule has 6 nitrogen and oxygen atoms in total. The second-order valence-electron chi connectivity index (χ2n) is 6.61. The molecule has 2 unspecified atom stereocenters. The Morgan fingerprint density at radius 2 is 1.96 bits per heavy atom. The van der Waals surface area contributed by atoms with E-state index in [1.807, 2.05) is 6.07 Å². The van der Waals surface area contributed by atoms with Crippen molar-refractivity contribution in [1.82, 2.24) is 10.6 Å². The van der Waals surface area contributed by atoms with Crippen LogP contribution in [0.2, 0.25) is 0 Å². The molecule has 0 spiro atoms. The number of nitro benzene ring substituents is 1. The Labute approximate surface area is 160 Å². The lowest BCUT2D eigenvalue weighted by molar-refractivity contribution is -0.384. The van der Waals surface area contributed by atoms with Crippen LogP contribution < -0.4 is 10.6 Å². The molecule has 0 amide bonds. The van der Waals surface area contributed by atoms with Crippen LogP contribution in [0, 0.1) is 22.0 Å². The molecule has 7 heteroatoms. The zero-order valence-corrected chi connectivity index (χ0v) is 16.8. The van der Waals surface area contributed by atoms with Gasteiger partial charge in [0.25, 0.3) is 5.69 Å². The zero-order valence-electron chi connectivity index (χ0n) is 14.5. The summed E-state index contributed by atoms with van der Waals surface area (Å²) in [4.78, 5) is 14.7. The van der Waals surface area contributed by atoms with Crippen molar-refractivity contribution in [2.45, 2.75) is 45.7 Å². The second kappa shape index (κ2) is 9.80. The number of halogens is 1. The van der Waals surface area contributed by atoms with Gasteiger partial charge in [-0.2, -0.15) is 0 Å². The minimum atomic E-state index is -0.374. The molecule has 2 N–H and O–H groups in total. The SMILES string of the molecule is CN=C(NCc1cccc([N+](=O)[O-])c1)NC1CC(C)CC(C)C1.I. The molecule has 1 aromatic rings. The Kier molecular flexibility index (Phi) is 8.44. The number of hydrogen-bond acceptors (Lipinski definition) is 3. The highest BCUT2D eigenvalue weighted by Crippen LogP contribution is 2.28. The third-order valence-electron chi connectivity index (χ3n) is 4.32. The first-order valence-corrected chi connectivity index (χ1v) is 8.18. The van der Waals surface area contributed by atoms with Gasteiger partial charge in [0.1, 0.15) is 0 Å². The standard InChI is InChI=1S/C17H26N4O2.HI/c1-12-7-13(2)9-15(8-12)20-17(18-3)19-11-14-5-4-6-16(10-14)21(22)23;/h4-6,10,12-13,15H,7-9,11H2,1-3H3,(H2,18,19,20);1H. The van der Waals surface area contributed by atoms with Crippen molar-refractivity contribution in [3.05, 3.63) is 39.9 Å². The van der Waals surface area contributed by atoms with Gasteiger partial charge < -0.3 is 10.6 Å². The van der Waals surface area contributed by atoms with Gasteiger partial charge in [-0.1, -0.05) is 26.0 Å². The molecule has 24 heavy (non-hydrogen) atoms. The third-order valence-corrected chi connectivity index (χ3v) is 4.32. The summed E-state index contributed by atoms with van der Waals surface area (Å²) >= 11 is 0. The van der Waals surface area contributed by atoms with Crippen LogP contribution in [-0.4, -0.2) is 24.0 Å². The number of non-ortho nitro benzene ring substituents is 1. The minimum absolute atomic E-state index is 0. The molecule has 1 saturated carbocycles. The van der Waals surface area contributed by atoms with Gasteiger partial charge in [-0.3, -0.25) is 15.1 Å². The van der Waals surface area contributed by atoms with Gasteiger partial charge in [0, 0.05) is 31.8 Å². The predicted molar refractivity (Wildman–Crippen MR) is 108 cm³/mol. The zero-order chi connectivity index (χ0) is 16.8. The summed E-state index contributed by atoms with van der Waals surface area (Å²) < 4.78 is 0. The van der Waals surface area contributed by atoms with Crippen molar-refractivity contribution in [3.8, 4) is 0 Å². The number of hydrogen-bond donors (Lipinski definition) is 2. The van der Waals surface area contributed by atoms with Gasteiger partial charge in [0.15, 0.2) is 5.96 Å². The third kappa shape index (κ3) is 6.26. The van der Waals surface area contributed by atoms with E-state index >= 15 is 0 Å². The first-order valence-electron chi connectivity index (χ1n) is 8.18. The van der Waals surface area contributed by atoms with Crippen LogP contribution in [0.5, 0.6) is 0 Å². The molecule has 1 aliphatic carbocycles. The molecular formula is C17H27IN4O2. The lowest BCUT2D eigenvalue weighted by atomic mass is 9.80. The Morgan fingerprint density at radius 1 is 1.29 bits per heavy atom. The lowest BCUT2D eigenvalue weighted by Gasteiger charge is -2.32. The monoisotopic (exact) mass is 446 g/mol. The number of nitrogens with zero attached hydrogens (tertiary/aromatic N) is 2. The topological polar surface area (TPSA) is 79.6 Å². The molecular weight excluding hydrogens is 419 g/mol. The first kappa shape index (κ1) is 20.7. The fourth-order valence-electron chi connectivity index (χ4n) is 3.42. The largest absolute Gasteiger partial charge is 0.354 e. The van der Waals surface area contributed by atoms with Crippen LogP contribution in [-0.2, 0) is 6.54 Å². The van der Waals surface area contributed by atoms with Gasteiger partial charge in [-0.25, -0.2) is 0 Å². The molecule has 0 bridgehead atoms. The van der Waals surface area contributed by atoms with Crippen LogP contribution in [0.4, 0.5) is 5.69 Å². The lowest BCUT2D eigenvalue weighted by Crippen LogP contribution is -2.45. The molecule has 0 aromatic heterocycles. The molecule has 1 fully saturated rings. The summed E-state index contributed by atoms with van der Waals surface area (Å²) in [6.45, 7) is 5.10. The quantitative estimate of drug-likeness (QED) is 0.243. The summed E-state index contributed by atoms with van der Waals surface area (Å²) in [7, 11) is 1.75. The van der Waals surface area contributed by atoms with Crippen molar-refractivity contribution in [2.24, 2.45) is 16.8 Å². The van der Waals surface area contributed by atoms with Crippen LogP contribution in [0.1, 0.15) is 38.7 Å². The maximum atomic E-state index is 10.8. The van der Waals surface area contributed by atoms with Gasteiger partial charge >= 0.3 is 0 Å². The summed E-state index contributed by atoms with van der Waals surface area (Å²) in [5.74, 6) is 2.21. The van der Waals surface area contributed by atoms with Crippen LogP contribution in [0.15, 0.2) is 29.3 Å². The van der Waals surface area contributed by atoms with E-state index in [1.54, 1.807) is 19.2 Å². The average Bonchev–Trinajstić information content (AvgIpc) is 2.50. The van der Waals surface area contributed by atoms with Gasteiger partial charge in [-0.05, 0) is 36.7 Å². The molecule has 0 aliphatic heterocycles. The molecule has 0 radical (unpaired) electrons. The number of rotatable bonds is 4. The van der Waals surface area contributed by atoms with E-state index in [9.17, 15) is 10.1 Å². The Balaban J connectivity index is 0.00000288. The highest BCUT2D eigenvalue weighted by molar-refractivity contribution is 14.0. The Morgan fingerprint density at radius 3 is 2.54 bits per heavy atom. The minimum Gasteiger partial charge on any atom is -0.354 e. The van der Waals surface area contributed by atoms with Gasteiger partial charge in [0.05, 0.1) is 4.92 Å². The van der Waals surface area contributed by atoms with E-state index < -0.39 is 0 Å². The number of aliphatic imine (C=N–C) groups is 1. The highest BCUT2D eigenvalue weighted by Gasteiger charge is 2.24. The van der Waals surface area contributed by atoms with Crippen molar-refractivity contribution in [3.63, 3.8) is 0 Å². The van der Waals surface area contributed by atoms with E-state index in [-0.39, 0.29) is 34.6 Å². The fraction of sp³-hybridized carbons (Fsp3) is 0.588. The first-order chi connectivity index (χ1) is 11.0. The summed E-state index contributed by atoms with van der Waals surface area (Å²) in [6.07, 6.45) is 3.60. The highest BCUT2D eigenvalue weighted by atomic mass is 127. The smallest absolute Gasteiger partial charge is 0.269 e. The van der Waals surface area contributed by atoms with Crippen LogP contribution >= 0.6 is 24.0 Å². The van der Waals surface area contributed by atoms with Crippen molar-refractivity contribution in [2.75, 3.05) is 7.05 Å². The van der Waals surface area contributed by atoms with E-state index in [0.717, 1.165) is 36.2 Å². The van der Waals surface area contributed by atoms with Crippen molar-refractivity contribution in [1.29, 1.82) is 0 Å². The maximum Gasteiger partial charge on any atom is 0.269 e. The molecule has 0 saturated heterocycles. The van der Waals surface area contributed by atoms with Crippen LogP contribution in [0.3, 0.4) is 0 Å². The van der Waals surface area contributed by atoms with E-state index in [0.29, 0.717) is 12.6 Å². The molecule has 1 aliphatic rings. The van der Waals surface area contributed by atoms with Crippen molar-refractivity contribution >= 4 is 35.6 Å². The average molecular weight is 446 g/mol. The summed E-state index contributed by atoms with van der Waals surface area (Å²) in [6, 6.07) is 7.10. The summed E-state index contributed by atoms with van der Waals surface area (Å²) in [5, 5.41) is 17.5. The maximum absolute atomic E-state index is 10.8. The second-order valence-corrected chi connectivity index (χ2v) is 6.61. The van der Waals surface area contributed by atoms with Gasteiger partial charge in [0.2, 0.25) is 0 Å². The van der Waals surface area contributed by atoms with Crippen LogP contribution in [0.25, 0.3) is 0 Å². The Hall–Kier alpha value is -1.38. The number of benzene rings is 1. The van der Waals surface area contributed by atoms with E-state index in [4.69, 9.17) is 0 Å². The number of nitrogens with one attached hydrogen (secondary N) is 2. The Bertz CT molecular complexity index is 569. The normalized spacial score (nSPS) is 24.0. The van der Waals surface area contributed by atoms with Gasteiger partial charge in [-0.15, -0.1) is 24.0 Å². The van der Waals surface area contributed by atoms with E-state index in [1.165, 1.54) is 12.5 Å². The van der Waals surface area contributed by atoms with E-state index in [2.05, 4.69) is 29.5 Å². The predicted octanol–water partition coefficient (Wildman–Crippen LogP) is 3.70. The molecule has 2 atom stereocenters. The molecule has 1 aromatic carbocycles. The number of nitro groups is 1.